The third kappa shape index (κ3) is 2.14. The molecule has 0 saturated heterocycles. The van der Waals surface area contributed by atoms with E-state index in [4.69, 9.17) is 11.6 Å². The van der Waals surface area contributed by atoms with Gasteiger partial charge in [0, 0.05) is 9.75 Å². The third-order valence-corrected chi connectivity index (χ3v) is 2.89. The van der Waals surface area contributed by atoms with Crippen LogP contribution in [-0.2, 0) is 0 Å². The van der Waals surface area contributed by atoms with Crippen molar-refractivity contribution in [2.75, 3.05) is 0 Å². The number of aryl methyl sites for hydroxylation is 1. The second-order valence-electron chi connectivity index (χ2n) is 2.18. The van der Waals surface area contributed by atoms with Crippen LogP contribution in [0.15, 0.2) is 12.1 Å². The fourth-order valence-electron chi connectivity index (χ4n) is 0.726. The lowest BCUT2D eigenvalue weighted by molar-refractivity contribution is 0.144. The van der Waals surface area contributed by atoms with Gasteiger partial charge in [0.05, 0.1) is 0 Å². The lowest BCUT2D eigenvalue weighted by Crippen LogP contribution is -1.98. The van der Waals surface area contributed by atoms with Gasteiger partial charge in [-0.05, 0) is 19.1 Å². The first-order chi connectivity index (χ1) is 5.11. The number of hydrogen-bond acceptors (Lipinski definition) is 1. The highest BCUT2D eigenvalue weighted by Crippen LogP contribution is 2.32. The molecule has 0 saturated carbocycles. The molecule has 0 fully saturated rings. The van der Waals surface area contributed by atoms with Crippen LogP contribution in [0.1, 0.15) is 15.1 Å². The highest BCUT2D eigenvalue weighted by molar-refractivity contribution is 7.12. The molecule has 1 heterocycles. The molecule has 0 aliphatic heterocycles. The minimum Gasteiger partial charge on any atom is -0.208 e. The molecule has 62 valence electrons. The average molecular weight is 197 g/mol. The number of hydrogen-bond donors (Lipinski definition) is 0. The summed E-state index contributed by atoms with van der Waals surface area (Å²) in [4.78, 5) is 1.55. The fraction of sp³-hybridized carbons (Fsp3) is 0.429. The molecule has 0 aromatic carbocycles. The van der Waals surface area contributed by atoms with Gasteiger partial charge in [-0.25, -0.2) is 8.78 Å². The summed E-state index contributed by atoms with van der Waals surface area (Å²) < 4.78 is 24.0. The zero-order valence-corrected chi connectivity index (χ0v) is 7.42. The van der Waals surface area contributed by atoms with Crippen molar-refractivity contribution in [3.63, 3.8) is 0 Å². The van der Waals surface area contributed by atoms with E-state index in [1.54, 1.807) is 12.1 Å². The third-order valence-electron chi connectivity index (χ3n) is 1.25. The zero-order chi connectivity index (χ0) is 8.43. The van der Waals surface area contributed by atoms with Crippen LogP contribution in [0.2, 0.25) is 0 Å². The van der Waals surface area contributed by atoms with Crippen molar-refractivity contribution in [3.05, 3.63) is 21.9 Å². The Morgan fingerprint density at radius 3 is 2.45 bits per heavy atom. The molecule has 1 unspecified atom stereocenters. The Morgan fingerprint density at radius 1 is 1.45 bits per heavy atom. The minimum atomic E-state index is -2.48. The SMILES string of the molecule is Cc1ccc(C(Cl)C(F)F)s1. The molecular weight excluding hydrogens is 190 g/mol. The number of rotatable bonds is 2. The molecule has 1 atom stereocenters. The van der Waals surface area contributed by atoms with E-state index in [1.165, 1.54) is 11.3 Å². The summed E-state index contributed by atoms with van der Waals surface area (Å²) >= 11 is 6.73. The van der Waals surface area contributed by atoms with Crippen LogP contribution in [0.3, 0.4) is 0 Å². The van der Waals surface area contributed by atoms with Crippen molar-refractivity contribution >= 4 is 22.9 Å². The largest absolute Gasteiger partial charge is 0.259 e. The second kappa shape index (κ2) is 3.50. The fourth-order valence-corrected chi connectivity index (χ4v) is 1.79. The van der Waals surface area contributed by atoms with Crippen LogP contribution in [0, 0.1) is 6.92 Å². The number of alkyl halides is 3. The average Bonchev–Trinajstić information content (AvgIpc) is 2.34. The number of thiophene rings is 1. The van der Waals surface area contributed by atoms with Crippen LogP contribution < -0.4 is 0 Å². The van der Waals surface area contributed by atoms with Gasteiger partial charge in [-0.15, -0.1) is 22.9 Å². The Balaban J connectivity index is 2.76. The summed E-state index contributed by atoms with van der Waals surface area (Å²) in [5.41, 5.74) is 0. The first-order valence-electron chi connectivity index (χ1n) is 3.10. The number of halogens is 3. The van der Waals surface area contributed by atoms with Gasteiger partial charge in [0.15, 0.2) is 0 Å². The van der Waals surface area contributed by atoms with E-state index in [2.05, 4.69) is 0 Å². The molecule has 4 heteroatoms. The summed E-state index contributed by atoms with van der Waals surface area (Å²) in [6, 6.07) is 3.43. The molecule has 1 aromatic rings. The van der Waals surface area contributed by atoms with Gasteiger partial charge < -0.3 is 0 Å². The van der Waals surface area contributed by atoms with Crippen molar-refractivity contribution in [1.29, 1.82) is 0 Å². The van der Waals surface area contributed by atoms with Crippen LogP contribution in [0.5, 0.6) is 0 Å². The Kier molecular flexibility index (Phi) is 2.84. The maximum Gasteiger partial charge on any atom is 0.259 e. The van der Waals surface area contributed by atoms with Crippen molar-refractivity contribution in [2.45, 2.75) is 18.7 Å². The molecule has 0 nitrogen and oxygen atoms in total. The first kappa shape index (κ1) is 8.94. The van der Waals surface area contributed by atoms with Gasteiger partial charge in [0.1, 0.15) is 5.38 Å². The van der Waals surface area contributed by atoms with Gasteiger partial charge in [-0.1, -0.05) is 0 Å². The summed E-state index contributed by atoms with van der Waals surface area (Å²) in [7, 11) is 0. The molecule has 0 spiro atoms. The second-order valence-corrected chi connectivity index (χ2v) is 3.97. The molecule has 0 aliphatic carbocycles. The smallest absolute Gasteiger partial charge is 0.208 e. The zero-order valence-electron chi connectivity index (χ0n) is 5.85. The Hall–Kier alpha value is -0.150. The standard InChI is InChI=1S/C7H7ClF2S/c1-4-2-3-5(11-4)6(8)7(9)10/h2-3,6-7H,1H3. The van der Waals surface area contributed by atoms with Crippen molar-refractivity contribution < 1.29 is 8.78 Å². The highest BCUT2D eigenvalue weighted by Gasteiger charge is 2.20. The lowest BCUT2D eigenvalue weighted by atomic mass is 10.3. The van der Waals surface area contributed by atoms with E-state index in [1.807, 2.05) is 6.92 Å². The topological polar surface area (TPSA) is 0 Å². The van der Waals surface area contributed by atoms with Crippen molar-refractivity contribution in [3.8, 4) is 0 Å². The van der Waals surface area contributed by atoms with E-state index in [9.17, 15) is 8.78 Å². The minimum absolute atomic E-state index is 0.541. The Bertz CT molecular complexity index is 234. The van der Waals surface area contributed by atoms with E-state index < -0.39 is 11.8 Å². The monoisotopic (exact) mass is 196 g/mol. The van der Waals surface area contributed by atoms with Crippen molar-refractivity contribution in [2.24, 2.45) is 0 Å². The molecule has 11 heavy (non-hydrogen) atoms. The lowest BCUT2D eigenvalue weighted by Gasteiger charge is -2.03. The summed E-state index contributed by atoms with van der Waals surface area (Å²) in [5.74, 6) is 0. The van der Waals surface area contributed by atoms with Gasteiger partial charge >= 0.3 is 0 Å². The van der Waals surface area contributed by atoms with E-state index in [0.29, 0.717) is 4.88 Å². The maximum absolute atomic E-state index is 12.0. The summed E-state index contributed by atoms with van der Waals surface area (Å²) in [5, 5.41) is -1.14. The van der Waals surface area contributed by atoms with Crippen molar-refractivity contribution in [1.82, 2.24) is 0 Å². The van der Waals surface area contributed by atoms with Crippen LogP contribution in [-0.4, -0.2) is 6.43 Å². The molecule has 0 N–H and O–H groups in total. The molecular formula is C7H7ClF2S. The maximum atomic E-state index is 12.0. The Labute approximate surface area is 72.8 Å². The van der Waals surface area contributed by atoms with E-state index >= 15 is 0 Å². The molecule has 1 rings (SSSR count). The van der Waals surface area contributed by atoms with Crippen LogP contribution in [0.25, 0.3) is 0 Å². The normalized spacial score (nSPS) is 13.9. The highest BCUT2D eigenvalue weighted by atomic mass is 35.5. The molecule has 0 aliphatic rings. The molecule has 0 bridgehead atoms. The predicted molar refractivity (Wildman–Crippen MR) is 43.7 cm³/mol. The molecule has 0 radical (unpaired) electrons. The molecule has 0 amide bonds. The first-order valence-corrected chi connectivity index (χ1v) is 4.35. The molecule has 1 aromatic heterocycles. The Morgan fingerprint density at radius 2 is 2.09 bits per heavy atom. The van der Waals surface area contributed by atoms with Crippen LogP contribution >= 0.6 is 22.9 Å². The van der Waals surface area contributed by atoms with E-state index in [0.717, 1.165) is 4.88 Å². The summed E-state index contributed by atoms with van der Waals surface area (Å²) in [6.45, 7) is 1.86. The van der Waals surface area contributed by atoms with Crippen LogP contribution in [0.4, 0.5) is 8.78 Å². The summed E-state index contributed by atoms with van der Waals surface area (Å²) in [6.07, 6.45) is -2.48. The quantitative estimate of drug-likeness (QED) is 0.634. The van der Waals surface area contributed by atoms with Gasteiger partial charge in [0.2, 0.25) is 0 Å². The predicted octanol–water partition coefficient (Wildman–Crippen LogP) is 3.60. The van der Waals surface area contributed by atoms with E-state index in [-0.39, 0.29) is 0 Å². The van der Waals surface area contributed by atoms with Gasteiger partial charge in [0.25, 0.3) is 6.43 Å². The van der Waals surface area contributed by atoms with Gasteiger partial charge in [-0.2, -0.15) is 0 Å². The van der Waals surface area contributed by atoms with Gasteiger partial charge in [-0.3, -0.25) is 0 Å².